The molecule has 1 nitrogen and oxygen atoms in total. The van der Waals surface area contributed by atoms with Crippen LogP contribution in [0.1, 0.15) is 26.2 Å². The summed E-state index contributed by atoms with van der Waals surface area (Å²) in [6, 6.07) is 0. The molecule has 12 heavy (non-hydrogen) atoms. The zero-order valence-electron chi connectivity index (χ0n) is 7.51. The summed E-state index contributed by atoms with van der Waals surface area (Å²) < 4.78 is 0. The topological polar surface area (TPSA) is 23.9 Å². The number of hydrogen-bond acceptors (Lipinski definition) is 1. The first kappa shape index (κ1) is 8.98. The van der Waals surface area contributed by atoms with E-state index in [1.165, 1.54) is 30.2 Å². The van der Waals surface area contributed by atoms with Gasteiger partial charge in [-0.2, -0.15) is 0 Å². The van der Waals surface area contributed by atoms with Crippen molar-refractivity contribution in [2.45, 2.75) is 26.2 Å². The Hall–Kier alpha value is -1.11. The van der Waals surface area contributed by atoms with Gasteiger partial charge in [0.1, 0.15) is 0 Å². The van der Waals surface area contributed by atoms with Crippen molar-refractivity contribution >= 4 is 6.21 Å². The molecule has 0 unspecified atom stereocenters. The molecule has 1 aliphatic rings. The first-order chi connectivity index (χ1) is 5.86. The van der Waals surface area contributed by atoms with Gasteiger partial charge >= 0.3 is 0 Å². The molecule has 0 atom stereocenters. The summed E-state index contributed by atoms with van der Waals surface area (Å²) >= 11 is 0. The summed E-state index contributed by atoms with van der Waals surface area (Å²) in [5, 5.41) is 6.96. The third kappa shape index (κ3) is 2.50. The van der Waals surface area contributed by atoms with Crippen LogP contribution in [0, 0.1) is 5.41 Å². The monoisotopic (exact) mass is 161 g/mol. The number of hydrogen-bond donors (Lipinski definition) is 1. The van der Waals surface area contributed by atoms with E-state index in [0.717, 1.165) is 6.42 Å². The fourth-order valence-corrected chi connectivity index (χ4v) is 1.46. The molecule has 1 N–H and O–H groups in total. The number of nitrogens with one attached hydrogen (secondary N) is 1. The van der Waals surface area contributed by atoms with E-state index in [9.17, 15) is 0 Å². The van der Waals surface area contributed by atoms with Crippen molar-refractivity contribution in [1.82, 2.24) is 0 Å². The van der Waals surface area contributed by atoms with Crippen LogP contribution in [0.5, 0.6) is 0 Å². The van der Waals surface area contributed by atoms with Crippen molar-refractivity contribution in [3.05, 3.63) is 35.5 Å². The Morgan fingerprint density at radius 3 is 2.92 bits per heavy atom. The zero-order valence-corrected chi connectivity index (χ0v) is 7.51. The molecule has 0 amide bonds. The molecule has 0 radical (unpaired) electrons. The molecule has 0 fully saturated rings. The quantitative estimate of drug-likeness (QED) is 0.601. The predicted molar refractivity (Wildman–Crippen MR) is 53.6 cm³/mol. The maximum Gasteiger partial charge on any atom is 0.0180 e. The third-order valence-electron chi connectivity index (χ3n) is 1.98. The van der Waals surface area contributed by atoms with Gasteiger partial charge in [0, 0.05) is 6.21 Å². The number of allylic oxidation sites excluding steroid dienone is 6. The minimum atomic E-state index is 1.12. The smallest absolute Gasteiger partial charge is 0.0180 e. The van der Waals surface area contributed by atoms with E-state index in [4.69, 9.17) is 5.41 Å². The summed E-state index contributed by atoms with van der Waals surface area (Å²) in [6.45, 7) is 2.04. The molecule has 0 aromatic carbocycles. The van der Waals surface area contributed by atoms with Crippen LogP contribution >= 0.6 is 0 Å². The normalized spacial score (nSPS) is 21.4. The summed E-state index contributed by atoms with van der Waals surface area (Å²) in [4.78, 5) is 0. The molecule has 1 rings (SSSR count). The van der Waals surface area contributed by atoms with Crippen molar-refractivity contribution in [1.29, 1.82) is 5.41 Å². The SMILES string of the molecule is C/C=C/C1=CC(=C/C=N)/CCC1. The molecule has 0 aromatic heterocycles. The fraction of sp³-hybridized carbons (Fsp3) is 0.364. The second-order valence-corrected chi connectivity index (χ2v) is 2.98. The van der Waals surface area contributed by atoms with E-state index >= 15 is 0 Å². The van der Waals surface area contributed by atoms with Crippen molar-refractivity contribution < 1.29 is 0 Å². The molecule has 1 heteroatoms. The maximum atomic E-state index is 6.96. The highest BCUT2D eigenvalue weighted by Gasteiger charge is 2.03. The molecule has 0 saturated carbocycles. The Labute approximate surface area is 74.0 Å². The van der Waals surface area contributed by atoms with E-state index in [1.807, 2.05) is 13.0 Å². The second-order valence-electron chi connectivity index (χ2n) is 2.98. The van der Waals surface area contributed by atoms with Gasteiger partial charge in [0.05, 0.1) is 0 Å². The maximum absolute atomic E-state index is 6.96. The predicted octanol–water partition coefficient (Wildman–Crippen LogP) is 3.25. The lowest BCUT2D eigenvalue weighted by molar-refractivity contribution is 0.798. The minimum Gasteiger partial charge on any atom is -0.309 e. The summed E-state index contributed by atoms with van der Waals surface area (Å²) in [5.41, 5.74) is 2.67. The Morgan fingerprint density at radius 2 is 2.25 bits per heavy atom. The summed E-state index contributed by atoms with van der Waals surface area (Å²) in [5.74, 6) is 0. The lowest BCUT2D eigenvalue weighted by Crippen LogP contribution is -1.92. The Bertz CT molecular complexity index is 244. The highest BCUT2D eigenvalue weighted by atomic mass is 14.3. The first-order valence-electron chi connectivity index (χ1n) is 4.39. The Kier molecular flexibility index (Phi) is 3.52. The summed E-state index contributed by atoms with van der Waals surface area (Å²) in [6.07, 6.45) is 13.2. The van der Waals surface area contributed by atoms with Gasteiger partial charge in [0.2, 0.25) is 0 Å². The molecule has 0 aromatic rings. The molecule has 0 heterocycles. The van der Waals surface area contributed by atoms with Crippen molar-refractivity contribution in [2.75, 3.05) is 0 Å². The van der Waals surface area contributed by atoms with Crippen molar-refractivity contribution in [2.24, 2.45) is 0 Å². The molecule has 0 spiro atoms. The van der Waals surface area contributed by atoms with Gasteiger partial charge in [0.25, 0.3) is 0 Å². The summed E-state index contributed by atoms with van der Waals surface area (Å²) in [7, 11) is 0. The van der Waals surface area contributed by atoms with Gasteiger partial charge in [-0.05, 0) is 43.4 Å². The molecular weight excluding hydrogens is 146 g/mol. The molecule has 0 bridgehead atoms. The van der Waals surface area contributed by atoms with E-state index in [0.29, 0.717) is 0 Å². The Morgan fingerprint density at radius 1 is 1.42 bits per heavy atom. The van der Waals surface area contributed by atoms with Gasteiger partial charge in [-0.25, -0.2) is 0 Å². The molecular formula is C11H15N. The molecule has 1 aliphatic carbocycles. The largest absolute Gasteiger partial charge is 0.309 e. The lowest BCUT2D eigenvalue weighted by Gasteiger charge is -2.11. The molecule has 0 aliphatic heterocycles. The van der Waals surface area contributed by atoms with Gasteiger partial charge in [-0.3, -0.25) is 0 Å². The van der Waals surface area contributed by atoms with Gasteiger partial charge < -0.3 is 5.41 Å². The third-order valence-corrected chi connectivity index (χ3v) is 1.98. The highest BCUT2D eigenvalue weighted by molar-refractivity contribution is 5.70. The fourth-order valence-electron chi connectivity index (χ4n) is 1.46. The molecule has 64 valence electrons. The average molecular weight is 161 g/mol. The van der Waals surface area contributed by atoms with Crippen LogP contribution in [0.3, 0.4) is 0 Å². The van der Waals surface area contributed by atoms with Crippen LogP contribution in [0.4, 0.5) is 0 Å². The van der Waals surface area contributed by atoms with E-state index < -0.39 is 0 Å². The average Bonchev–Trinajstić information content (AvgIpc) is 2.06. The lowest BCUT2D eigenvalue weighted by atomic mass is 9.95. The second kappa shape index (κ2) is 4.70. The van der Waals surface area contributed by atoms with E-state index in [1.54, 1.807) is 0 Å². The minimum absolute atomic E-state index is 1.12. The van der Waals surface area contributed by atoms with E-state index in [-0.39, 0.29) is 0 Å². The van der Waals surface area contributed by atoms with E-state index in [2.05, 4.69) is 18.2 Å². The first-order valence-corrected chi connectivity index (χ1v) is 4.39. The van der Waals surface area contributed by atoms with Crippen LogP contribution in [-0.2, 0) is 0 Å². The zero-order chi connectivity index (χ0) is 8.81. The van der Waals surface area contributed by atoms with Crippen molar-refractivity contribution in [3.8, 4) is 0 Å². The molecule has 0 saturated heterocycles. The standard InChI is InChI=1S/C11H15N/c1-2-4-10-5-3-6-11(9-10)7-8-12/h2,4,7-9,12H,3,5-6H2,1H3/b4-2+,11-7+,12-8?. The number of rotatable bonds is 2. The van der Waals surface area contributed by atoms with Crippen LogP contribution in [0.2, 0.25) is 0 Å². The Balaban J connectivity index is 2.76. The van der Waals surface area contributed by atoms with Gasteiger partial charge in [-0.1, -0.05) is 18.2 Å². The van der Waals surface area contributed by atoms with Gasteiger partial charge in [0.15, 0.2) is 0 Å². The van der Waals surface area contributed by atoms with Crippen LogP contribution < -0.4 is 0 Å². The van der Waals surface area contributed by atoms with Crippen molar-refractivity contribution in [3.63, 3.8) is 0 Å². The van der Waals surface area contributed by atoms with Crippen LogP contribution in [-0.4, -0.2) is 6.21 Å². The van der Waals surface area contributed by atoms with Crippen LogP contribution in [0.15, 0.2) is 35.5 Å². The van der Waals surface area contributed by atoms with Gasteiger partial charge in [-0.15, -0.1) is 0 Å². The highest BCUT2D eigenvalue weighted by Crippen LogP contribution is 2.22. The van der Waals surface area contributed by atoms with Crippen LogP contribution in [0.25, 0.3) is 0 Å².